The van der Waals surface area contributed by atoms with Crippen molar-refractivity contribution < 1.29 is 13.2 Å². The molecule has 0 amide bonds. The van der Waals surface area contributed by atoms with Crippen LogP contribution < -0.4 is 0 Å². The third kappa shape index (κ3) is 4.92. The Balaban J connectivity index is 1.45. The van der Waals surface area contributed by atoms with E-state index in [9.17, 15) is 13.2 Å². The van der Waals surface area contributed by atoms with Crippen LogP contribution in [-0.4, -0.2) is 0 Å². The van der Waals surface area contributed by atoms with E-state index in [1.165, 1.54) is 0 Å². The molecule has 3 aromatic carbocycles. The van der Waals surface area contributed by atoms with Gasteiger partial charge in [0.05, 0.1) is 0 Å². The number of hydrogen-bond donors (Lipinski definition) is 0. The summed E-state index contributed by atoms with van der Waals surface area (Å²) >= 11 is 0. The van der Waals surface area contributed by atoms with E-state index < -0.39 is 11.6 Å². The molecule has 3 aromatic rings. The number of aryl methyl sites for hydroxylation is 3. The minimum absolute atomic E-state index is 0.119. The van der Waals surface area contributed by atoms with E-state index in [-0.39, 0.29) is 11.7 Å². The molecule has 0 bridgehead atoms. The molecule has 0 nitrogen and oxygen atoms in total. The first-order valence-electron chi connectivity index (χ1n) is 11.8. The lowest BCUT2D eigenvalue weighted by Gasteiger charge is -2.27. The summed E-state index contributed by atoms with van der Waals surface area (Å²) in [5.74, 6) is -0.798. The molecule has 0 spiro atoms. The van der Waals surface area contributed by atoms with Crippen LogP contribution in [0.1, 0.15) is 67.7 Å². The second-order valence-corrected chi connectivity index (χ2v) is 9.26. The van der Waals surface area contributed by atoms with Crippen molar-refractivity contribution in [3.8, 4) is 11.1 Å². The van der Waals surface area contributed by atoms with Crippen molar-refractivity contribution in [1.82, 2.24) is 0 Å². The van der Waals surface area contributed by atoms with Crippen molar-refractivity contribution in [2.24, 2.45) is 5.92 Å². The first-order chi connectivity index (χ1) is 15.5. The highest BCUT2D eigenvalue weighted by molar-refractivity contribution is 5.65. The highest BCUT2D eigenvalue weighted by Gasteiger charge is 2.25. The van der Waals surface area contributed by atoms with E-state index in [2.05, 4.69) is 6.92 Å². The first-order valence-corrected chi connectivity index (χ1v) is 11.8. The van der Waals surface area contributed by atoms with Crippen molar-refractivity contribution in [2.45, 2.75) is 64.7 Å². The third-order valence-corrected chi connectivity index (χ3v) is 7.03. The quantitative estimate of drug-likeness (QED) is 0.364. The Hall–Kier alpha value is -2.55. The second kappa shape index (κ2) is 9.94. The van der Waals surface area contributed by atoms with Crippen LogP contribution in [0, 0.1) is 23.4 Å². The Morgan fingerprint density at radius 3 is 2.06 bits per heavy atom. The first kappa shape index (κ1) is 22.6. The highest BCUT2D eigenvalue weighted by atomic mass is 19.2. The number of hydrogen-bond acceptors (Lipinski definition) is 0. The van der Waals surface area contributed by atoms with Gasteiger partial charge in [-0.1, -0.05) is 75.2 Å². The molecule has 1 aliphatic rings. The molecule has 1 aliphatic carbocycles. The average Bonchev–Trinajstić information content (AvgIpc) is 2.81. The predicted octanol–water partition coefficient (Wildman–Crippen LogP) is 8.41. The minimum Gasteiger partial charge on any atom is -0.207 e. The molecule has 0 N–H and O–H groups in total. The smallest absolute Gasteiger partial charge is 0.166 e. The molecule has 0 radical (unpaired) electrons. The van der Waals surface area contributed by atoms with Gasteiger partial charge in [-0.2, -0.15) is 0 Å². The summed E-state index contributed by atoms with van der Waals surface area (Å²) < 4.78 is 43.8. The van der Waals surface area contributed by atoms with Gasteiger partial charge in [0, 0.05) is 5.56 Å². The van der Waals surface area contributed by atoms with Crippen molar-refractivity contribution in [1.29, 1.82) is 0 Å². The molecular weight excluding hydrogens is 405 g/mol. The lowest BCUT2D eigenvalue weighted by atomic mass is 9.79. The van der Waals surface area contributed by atoms with Gasteiger partial charge in [-0.15, -0.1) is 0 Å². The lowest BCUT2D eigenvalue weighted by Crippen LogP contribution is -2.13. The minimum atomic E-state index is -0.750. The van der Waals surface area contributed by atoms with Crippen LogP contribution in [-0.2, 0) is 19.3 Å². The summed E-state index contributed by atoms with van der Waals surface area (Å²) in [4.78, 5) is 0. The van der Waals surface area contributed by atoms with Crippen molar-refractivity contribution in [3.63, 3.8) is 0 Å². The molecule has 0 aliphatic heterocycles. The molecule has 4 rings (SSSR count). The largest absolute Gasteiger partial charge is 0.207 e. The molecule has 0 aromatic heterocycles. The summed E-state index contributed by atoms with van der Waals surface area (Å²) in [5, 5.41) is 0. The van der Waals surface area contributed by atoms with Gasteiger partial charge in [0.15, 0.2) is 11.6 Å². The van der Waals surface area contributed by atoms with Crippen LogP contribution in [0.5, 0.6) is 0 Å². The van der Waals surface area contributed by atoms with Crippen LogP contribution in [0.25, 0.3) is 11.1 Å². The maximum absolute atomic E-state index is 14.9. The van der Waals surface area contributed by atoms with Crippen LogP contribution in [0.4, 0.5) is 13.2 Å². The number of halogens is 3. The third-order valence-electron chi connectivity index (χ3n) is 7.03. The zero-order chi connectivity index (χ0) is 22.7. The van der Waals surface area contributed by atoms with E-state index in [1.54, 1.807) is 18.2 Å². The highest BCUT2D eigenvalue weighted by Crippen LogP contribution is 2.38. The van der Waals surface area contributed by atoms with Crippen molar-refractivity contribution in [2.75, 3.05) is 0 Å². The van der Waals surface area contributed by atoms with Crippen LogP contribution in [0.3, 0.4) is 0 Å². The Morgan fingerprint density at radius 2 is 1.41 bits per heavy atom. The van der Waals surface area contributed by atoms with E-state index in [4.69, 9.17) is 0 Å². The summed E-state index contributed by atoms with van der Waals surface area (Å²) in [5.41, 5.74) is 4.28. The fourth-order valence-corrected chi connectivity index (χ4v) is 4.85. The zero-order valence-electron chi connectivity index (χ0n) is 18.9. The zero-order valence-corrected chi connectivity index (χ0v) is 18.9. The Bertz CT molecular complexity index is 1060. The van der Waals surface area contributed by atoms with E-state index in [0.29, 0.717) is 29.0 Å². The summed E-state index contributed by atoms with van der Waals surface area (Å²) in [6.45, 7) is 4.17. The summed E-state index contributed by atoms with van der Waals surface area (Å²) in [6.07, 6.45) is 6.19. The fraction of sp³-hybridized carbons (Fsp3) is 0.379. The molecule has 0 heterocycles. The maximum Gasteiger partial charge on any atom is 0.166 e. The van der Waals surface area contributed by atoms with Gasteiger partial charge >= 0.3 is 0 Å². The van der Waals surface area contributed by atoms with Gasteiger partial charge in [-0.3, -0.25) is 0 Å². The topological polar surface area (TPSA) is 0 Å². The Morgan fingerprint density at radius 1 is 0.750 bits per heavy atom. The SMILES string of the molecule is CCc1ccc(CCc2ccc(-c3ccc(C4CCC(C)CC4)c(F)c3F)cc2)cc1F. The van der Waals surface area contributed by atoms with Crippen molar-refractivity contribution in [3.05, 3.63) is 94.3 Å². The van der Waals surface area contributed by atoms with Crippen LogP contribution in [0.15, 0.2) is 54.6 Å². The van der Waals surface area contributed by atoms with Crippen LogP contribution in [0.2, 0.25) is 0 Å². The fourth-order valence-electron chi connectivity index (χ4n) is 4.85. The number of rotatable bonds is 6. The van der Waals surface area contributed by atoms with E-state index >= 15 is 0 Å². The van der Waals surface area contributed by atoms with Gasteiger partial charge in [-0.05, 0) is 77.8 Å². The summed E-state index contributed by atoms with van der Waals surface area (Å²) in [7, 11) is 0. The van der Waals surface area contributed by atoms with Gasteiger partial charge in [0.25, 0.3) is 0 Å². The van der Waals surface area contributed by atoms with E-state index in [0.717, 1.165) is 55.2 Å². The monoisotopic (exact) mass is 436 g/mol. The number of benzene rings is 3. The van der Waals surface area contributed by atoms with Gasteiger partial charge in [0.1, 0.15) is 5.82 Å². The average molecular weight is 437 g/mol. The predicted molar refractivity (Wildman–Crippen MR) is 125 cm³/mol. The van der Waals surface area contributed by atoms with Gasteiger partial charge in [-0.25, -0.2) is 13.2 Å². The normalized spacial score (nSPS) is 18.7. The Labute approximate surface area is 189 Å². The molecule has 1 saturated carbocycles. The van der Waals surface area contributed by atoms with Crippen molar-refractivity contribution >= 4 is 0 Å². The molecule has 0 saturated heterocycles. The molecule has 0 atom stereocenters. The van der Waals surface area contributed by atoms with Gasteiger partial charge < -0.3 is 0 Å². The molecule has 32 heavy (non-hydrogen) atoms. The molecule has 1 fully saturated rings. The standard InChI is InChI=1S/C29H31F3/c1-3-22-13-10-21(18-27(22)30)7-6-20-8-14-24(15-9-20)26-17-16-25(28(31)29(26)32)23-11-4-19(2)5-12-23/h8-10,13-19,23H,3-7,11-12H2,1-2H3. The molecule has 3 heteroatoms. The van der Waals surface area contributed by atoms with E-state index in [1.807, 2.05) is 43.3 Å². The molecular formula is C29H31F3. The maximum atomic E-state index is 14.9. The van der Waals surface area contributed by atoms with Crippen LogP contribution >= 0.6 is 0 Å². The van der Waals surface area contributed by atoms with Gasteiger partial charge in [0.2, 0.25) is 0 Å². The Kier molecular flexibility index (Phi) is 7.03. The molecule has 0 unspecified atom stereocenters. The summed E-state index contributed by atoms with van der Waals surface area (Å²) in [6, 6.07) is 16.5. The lowest BCUT2D eigenvalue weighted by molar-refractivity contribution is 0.339. The molecule has 168 valence electrons. The second-order valence-electron chi connectivity index (χ2n) is 9.26.